The van der Waals surface area contributed by atoms with E-state index in [0.29, 0.717) is 0 Å². The van der Waals surface area contributed by atoms with Gasteiger partial charge in [-0.3, -0.25) is 4.79 Å². The Morgan fingerprint density at radius 1 is 1.29 bits per heavy atom. The number of halogens is 3. The van der Waals surface area contributed by atoms with Crippen LogP contribution in [0.2, 0.25) is 0 Å². The van der Waals surface area contributed by atoms with Crippen molar-refractivity contribution in [2.45, 2.75) is 31.0 Å². The molecule has 3 saturated carbocycles. The van der Waals surface area contributed by atoms with Crippen LogP contribution in [0, 0.1) is 5.41 Å². The predicted molar refractivity (Wildman–Crippen MR) is 48.9 cm³/mol. The van der Waals surface area contributed by atoms with Gasteiger partial charge in [-0.1, -0.05) is 0 Å². The van der Waals surface area contributed by atoms with E-state index in [0.717, 1.165) is 19.3 Å². The maximum absolute atomic E-state index is 11.0. The molecule has 0 amide bonds. The normalized spacial score (nSPS) is 33.5. The zero-order valence-electron chi connectivity index (χ0n) is 9.00. The van der Waals surface area contributed by atoms with Gasteiger partial charge in [-0.2, -0.15) is 13.2 Å². The number of carbonyl (C=O) groups excluding carboxylic acids is 1. The first-order valence-corrected chi connectivity index (χ1v) is 4.72. The number of esters is 1. The van der Waals surface area contributed by atoms with Gasteiger partial charge in [0.15, 0.2) is 0 Å². The van der Waals surface area contributed by atoms with Crippen molar-refractivity contribution in [3.63, 3.8) is 0 Å². The van der Waals surface area contributed by atoms with E-state index in [1.165, 1.54) is 7.11 Å². The van der Waals surface area contributed by atoms with Crippen LogP contribution < -0.4 is 5.73 Å². The van der Waals surface area contributed by atoms with Crippen LogP contribution in [0.3, 0.4) is 0 Å². The molecule has 0 atom stereocenters. The zero-order chi connectivity index (χ0) is 13.5. The fourth-order valence-electron chi connectivity index (χ4n) is 2.30. The molecule has 0 unspecified atom stereocenters. The van der Waals surface area contributed by atoms with Gasteiger partial charge in [0.25, 0.3) is 0 Å². The molecule has 5 nitrogen and oxygen atoms in total. The molecule has 0 aromatic heterocycles. The lowest BCUT2D eigenvalue weighted by molar-refractivity contribution is -0.194. The molecular weight excluding hydrogens is 243 g/mol. The van der Waals surface area contributed by atoms with Crippen LogP contribution in [0.4, 0.5) is 13.2 Å². The summed E-state index contributed by atoms with van der Waals surface area (Å²) >= 11 is 0. The first-order valence-electron chi connectivity index (χ1n) is 4.72. The van der Waals surface area contributed by atoms with Crippen LogP contribution in [0.5, 0.6) is 0 Å². The van der Waals surface area contributed by atoms with Gasteiger partial charge in [-0.25, -0.2) is 4.79 Å². The number of carboxylic acids is 1. The van der Waals surface area contributed by atoms with E-state index in [9.17, 15) is 18.0 Å². The van der Waals surface area contributed by atoms with Gasteiger partial charge in [0, 0.05) is 5.54 Å². The Morgan fingerprint density at radius 2 is 1.65 bits per heavy atom. The highest BCUT2D eigenvalue weighted by atomic mass is 19.4. The Hall–Kier alpha value is -1.31. The van der Waals surface area contributed by atoms with Crippen LogP contribution in [0.15, 0.2) is 0 Å². The largest absolute Gasteiger partial charge is 0.490 e. The van der Waals surface area contributed by atoms with E-state index in [2.05, 4.69) is 4.74 Å². The quantitative estimate of drug-likeness (QED) is 0.672. The summed E-state index contributed by atoms with van der Waals surface area (Å²) in [6.45, 7) is 0. The van der Waals surface area contributed by atoms with Gasteiger partial charge in [0.2, 0.25) is 0 Å². The number of nitrogens with two attached hydrogens (primary N) is 1. The van der Waals surface area contributed by atoms with E-state index in [-0.39, 0.29) is 16.9 Å². The molecule has 0 radical (unpaired) electrons. The van der Waals surface area contributed by atoms with E-state index in [4.69, 9.17) is 15.6 Å². The van der Waals surface area contributed by atoms with Crippen molar-refractivity contribution >= 4 is 11.9 Å². The summed E-state index contributed by atoms with van der Waals surface area (Å²) in [5.74, 6) is -2.83. The van der Waals surface area contributed by atoms with Crippen LogP contribution in [-0.4, -0.2) is 35.9 Å². The molecule has 0 heterocycles. The van der Waals surface area contributed by atoms with Gasteiger partial charge in [0.05, 0.1) is 12.5 Å². The first-order chi connectivity index (χ1) is 7.55. The average Bonchev–Trinajstić information content (AvgIpc) is 2.09. The molecule has 8 heteroatoms. The minimum Gasteiger partial charge on any atom is -0.475 e. The SMILES string of the molecule is COC(=O)C12CC(N)(C1)C2.O=C(O)C(F)(F)F. The van der Waals surface area contributed by atoms with Crippen LogP contribution in [-0.2, 0) is 14.3 Å². The second-order valence-corrected chi connectivity index (χ2v) is 4.47. The molecule has 2 bridgehead atoms. The average molecular weight is 255 g/mol. The third kappa shape index (κ3) is 2.51. The number of carbonyl (C=O) groups is 2. The number of hydrogen-bond donors (Lipinski definition) is 2. The Bertz CT molecular complexity index is 333. The third-order valence-electron chi connectivity index (χ3n) is 2.93. The van der Waals surface area contributed by atoms with Crippen molar-refractivity contribution in [1.29, 1.82) is 0 Å². The summed E-state index contributed by atoms with van der Waals surface area (Å²) in [6.07, 6.45) is -2.56. The second-order valence-electron chi connectivity index (χ2n) is 4.47. The smallest absolute Gasteiger partial charge is 0.475 e. The molecule has 3 aliphatic rings. The molecule has 98 valence electrons. The Morgan fingerprint density at radius 3 is 1.82 bits per heavy atom. The lowest BCUT2D eigenvalue weighted by Crippen LogP contribution is -2.74. The highest BCUT2D eigenvalue weighted by Crippen LogP contribution is 2.66. The molecule has 0 aromatic rings. The zero-order valence-corrected chi connectivity index (χ0v) is 9.00. The number of methoxy groups -OCH3 is 1. The molecule has 3 aliphatic carbocycles. The molecule has 17 heavy (non-hydrogen) atoms. The van der Waals surface area contributed by atoms with Gasteiger partial charge in [0.1, 0.15) is 0 Å². The highest BCUT2D eigenvalue weighted by molar-refractivity contribution is 5.81. The summed E-state index contributed by atoms with van der Waals surface area (Å²) in [7, 11) is 1.44. The fourth-order valence-corrected chi connectivity index (χ4v) is 2.30. The predicted octanol–water partition coefficient (Wildman–Crippen LogP) is 0.674. The Labute approximate surface area is 94.7 Å². The van der Waals surface area contributed by atoms with Gasteiger partial charge < -0.3 is 15.6 Å². The number of alkyl halides is 3. The maximum atomic E-state index is 11.0. The molecule has 0 aromatic carbocycles. The summed E-state index contributed by atoms with van der Waals surface area (Å²) in [5, 5.41) is 7.12. The van der Waals surface area contributed by atoms with E-state index < -0.39 is 12.1 Å². The van der Waals surface area contributed by atoms with Gasteiger partial charge in [-0.05, 0) is 19.3 Å². The Kier molecular flexibility index (Phi) is 3.13. The molecule has 3 rings (SSSR count). The summed E-state index contributed by atoms with van der Waals surface area (Å²) in [6, 6.07) is 0. The fraction of sp³-hybridized carbons (Fsp3) is 0.778. The number of carboxylic acid groups (broad SMARTS) is 1. The maximum Gasteiger partial charge on any atom is 0.490 e. The highest BCUT2D eigenvalue weighted by Gasteiger charge is 2.70. The van der Waals surface area contributed by atoms with E-state index in [1.807, 2.05) is 0 Å². The topological polar surface area (TPSA) is 89.6 Å². The van der Waals surface area contributed by atoms with Crippen molar-refractivity contribution in [3.8, 4) is 0 Å². The third-order valence-corrected chi connectivity index (χ3v) is 2.93. The minimum atomic E-state index is -5.08. The molecule has 3 fully saturated rings. The lowest BCUT2D eigenvalue weighted by atomic mass is 9.40. The molecule has 0 spiro atoms. The van der Waals surface area contributed by atoms with Crippen molar-refractivity contribution in [2.24, 2.45) is 11.1 Å². The number of ether oxygens (including phenoxy) is 1. The second kappa shape index (κ2) is 3.86. The van der Waals surface area contributed by atoms with Crippen molar-refractivity contribution in [2.75, 3.05) is 7.11 Å². The van der Waals surface area contributed by atoms with E-state index in [1.54, 1.807) is 0 Å². The van der Waals surface area contributed by atoms with Crippen molar-refractivity contribution < 1.29 is 32.6 Å². The molecular formula is C9H12F3NO4. The minimum absolute atomic E-state index is 0.00812. The van der Waals surface area contributed by atoms with Gasteiger partial charge >= 0.3 is 18.1 Å². The molecule has 0 saturated heterocycles. The summed E-state index contributed by atoms with van der Waals surface area (Å²) in [4.78, 5) is 19.9. The van der Waals surface area contributed by atoms with Crippen LogP contribution in [0.1, 0.15) is 19.3 Å². The van der Waals surface area contributed by atoms with Crippen LogP contribution in [0.25, 0.3) is 0 Å². The summed E-state index contributed by atoms with van der Waals surface area (Å²) in [5.41, 5.74) is 5.62. The monoisotopic (exact) mass is 255 g/mol. The molecule has 0 aliphatic heterocycles. The van der Waals surface area contributed by atoms with Gasteiger partial charge in [-0.15, -0.1) is 0 Å². The first kappa shape index (κ1) is 13.8. The standard InChI is InChI=1S/C7H11NO2.C2HF3O2/c1-10-5(9)6-2-7(8,3-6)4-6;3-2(4,5)1(6)7/h2-4,8H2,1H3;(H,6,7). The van der Waals surface area contributed by atoms with Crippen molar-refractivity contribution in [3.05, 3.63) is 0 Å². The number of aliphatic carboxylic acids is 1. The summed E-state index contributed by atoms with van der Waals surface area (Å²) < 4.78 is 36.4. The number of hydrogen-bond acceptors (Lipinski definition) is 4. The van der Waals surface area contributed by atoms with Crippen LogP contribution >= 0.6 is 0 Å². The van der Waals surface area contributed by atoms with Crippen molar-refractivity contribution in [1.82, 2.24) is 0 Å². The lowest BCUT2D eigenvalue weighted by Gasteiger charge is -2.66. The molecule has 3 N–H and O–H groups in total. The van der Waals surface area contributed by atoms with E-state index >= 15 is 0 Å². The Balaban J connectivity index is 0.000000185. The number of rotatable bonds is 1.